The molecule has 0 aliphatic heterocycles. The molecule has 0 aliphatic carbocycles. The summed E-state index contributed by atoms with van der Waals surface area (Å²) in [5.74, 6) is -0.324. The zero-order valence-electron chi connectivity index (χ0n) is 26.6. The summed E-state index contributed by atoms with van der Waals surface area (Å²) in [6, 6.07) is 11.4. The Labute approximate surface area is 266 Å². The van der Waals surface area contributed by atoms with Gasteiger partial charge in [-0.3, -0.25) is 13.9 Å². The molecule has 2 aromatic heterocycles. The van der Waals surface area contributed by atoms with Crippen molar-refractivity contribution < 1.29 is 42.8 Å². The summed E-state index contributed by atoms with van der Waals surface area (Å²) in [4.78, 5) is 25.3. The van der Waals surface area contributed by atoms with E-state index in [1.165, 1.54) is 31.9 Å². The molecule has 2 heterocycles. The third kappa shape index (κ3) is 8.90. The molecular formula is C30H41N6O9P. The molecule has 15 nitrogen and oxygen atoms in total. The summed E-state index contributed by atoms with van der Waals surface area (Å²) in [5, 5.41) is 25.2. The molecule has 0 saturated heterocycles. The number of fused-ring (bicyclic) bond motifs is 2. The van der Waals surface area contributed by atoms with Crippen molar-refractivity contribution in [2.24, 2.45) is 5.41 Å². The Bertz CT molecular complexity index is 1690. The van der Waals surface area contributed by atoms with Crippen molar-refractivity contribution in [3.8, 4) is 11.6 Å². The van der Waals surface area contributed by atoms with Crippen LogP contribution in [0, 0.1) is 5.41 Å². The van der Waals surface area contributed by atoms with E-state index in [2.05, 4.69) is 20.0 Å². The fourth-order valence-electron chi connectivity index (χ4n) is 4.27. The molecule has 0 radical (unpaired) electrons. The number of hydrogen-bond donors (Lipinski definition) is 4. The van der Waals surface area contributed by atoms with E-state index in [1.807, 2.05) is 39.0 Å². The molecule has 0 bridgehead atoms. The number of carbonyl (C=O) groups is 1. The first-order valence-electron chi connectivity index (χ1n) is 14.6. The molecule has 46 heavy (non-hydrogen) atoms. The van der Waals surface area contributed by atoms with E-state index < -0.39 is 44.7 Å². The van der Waals surface area contributed by atoms with Crippen molar-refractivity contribution in [1.29, 1.82) is 0 Å². The average Bonchev–Trinajstić information content (AvgIpc) is 3.41. The summed E-state index contributed by atoms with van der Waals surface area (Å²) in [6.07, 6.45) is -2.57. The van der Waals surface area contributed by atoms with Crippen molar-refractivity contribution in [2.75, 3.05) is 26.1 Å². The number of aromatic nitrogens is 4. The number of hydrogen-bond acceptors (Lipinski definition) is 13. The number of nitrogens with two attached hydrogens (primary N) is 1. The summed E-state index contributed by atoms with van der Waals surface area (Å²) in [7, 11) is -2.96. The zero-order chi connectivity index (χ0) is 33.6. The predicted molar refractivity (Wildman–Crippen MR) is 170 cm³/mol. The minimum Gasteiger partial charge on any atom is -0.479 e. The standard InChI is InChI=1S/C30H41N6O9P/c1-18(28(39)42-15-30(3,4)5)35-46(40,45-22-13-9-11-20-10-7-8-12-21(20)22)44-14-23(25(38)19(2)37)43-17-36-16-32-24-26(36)33-29(31)34-27(24)41-6/h7-13,16,18-19,23,25,37-38H,14-15,17H2,1-6H3,(H,35,40)(H2,31,33,34)/t18-,19?,23-,25+,46?/m1/s1. The van der Waals surface area contributed by atoms with Gasteiger partial charge in [-0.05, 0) is 30.7 Å². The Hall–Kier alpha value is -3.85. The van der Waals surface area contributed by atoms with Gasteiger partial charge in [0.05, 0.1) is 32.8 Å². The minimum absolute atomic E-state index is 0.0530. The summed E-state index contributed by atoms with van der Waals surface area (Å²) in [5.41, 5.74) is 6.14. The first-order chi connectivity index (χ1) is 21.7. The van der Waals surface area contributed by atoms with Gasteiger partial charge in [-0.15, -0.1) is 0 Å². The molecule has 5 atom stereocenters. The largest absolute Gasteiger partial charge is 0.479 e. The molecule has 16 heteroatoms. The molecule has 0 aliphatic rings. The third-order valence-corrected chi connectivity index (χ3v) is 8.30. The van der Waals surface area contributed by atoms with Crippen LogP contribution in [0.5, 0.6) is 11.6 Å². The van der Waals surface area contributed by atoms with Gasteiger partial charge in [0.2, 0.25) is 11.8 Å². The van der Waals surface area contributed by atoms with Crippen LogP contribution in [0.2, 0.25) is 0 Å². The number of anilines is 1. The second-order valence-electron chi connectivity index (χ2n) is 11.9. The predicted octanol–water partition coefficient (Wildman–Crippen LogP) is 3.43. The van der Waals surface area contributed by atoms with Crippen LogP contribution in [0.15, 0.2) is 48.8 Å². The van der Waals surface area contributed by atoms with Gasteiger partial charge in [0, 0.05) is 5.39 Å². The topological polar surface area (TPSA) is 202 Å². The zero-order valence-corrected chi connectivity index (χ0v) is 27.5. The molecule has 4 aromatic rings. The van der Waals surface area contributed by atoms with Crippen LogP contribution >= 0.6 is 7.75 Å². The maximum atomic E-state index is 14.3. The van der Waals surface area contributed by atoms with Crippen LogP contribution in [-0.4, -0.2) is 80.4 Å². The highest BCUT2D eigenvalue weighted by Gasteiger charge is 2.36. The molecule has 0 saturated carbocycles. The monoisotopic (exact) mass is 660 g/mol. The smallest absolute Gasteiger partial charge is 0.459 e. The maximum Gasteiger partial charge on any atom is 0.459 e. The molecule has 5 N–H and O–H groups in total. The number of aliphatic hydroxyl groups is 2. The average molecular weight is 661 g/mol. The van der Waals surface area contributed by atoms with Crippen molar-refractivity contribution in [2.45, 2.75) is 65.7 Å². The number of carbonyl (C=O) groups excluding carboxylic acids is 1. The van der Waals surface area contributed by atoms with Crippen LogP contribution in [0.3, 0.4) is 0 Å². The van der Waals surface area contributed by atoms with Gasteiger partial charge in [-0.25, -0.2) is 9.55 Å². The van der Waals surface area contributed by atoms with Crippen LogP contribution < -0.4 is 20.1 Å². The van der Waals surface area contributed by atoms with Crippen molar-refractivity contribution in [3.63, 3.8) is 0 Å². The Kier molecular flexibility index (Phi) is 11.2. The number of nitrogens with one attached hydrogen (secondary N) is 1. The molecule has 0 spiro atoms. The number of aliphatic hydroxyl groups excluding tert-OH is 2. The van der Waals surface area contributed by atoms with E-state index in [-0.39, 0.29) is 36.3 Å². The van der Waals surface area contributed by atoms with Crippen LogP contribution in [0.1, 0.15) is 34.6 Å². The highest BCUT2D eigenvalue weighted by atomic mass is 31.2. The normalized spacial score (nSPS) is 16.0. The van der Waals surface area contributed by atoms with Gasteiger partial charge in [0.15, 0.2) is 11.2 Å². The first-order valence-corrected chi connectivity index (χ1v) is 16.1. The van der Waals surface area contributed by atoms with Gasteiger partial charge in [0.25, 0.3) is 0 Å². The summed E-state index contributed by atoms with van der Waals surface area (Å²) >= 11 is 0. The Morgan fingerprint density at radius 1 is 1.11 bits per heavy atom. The van der Waals surface area contributed by atoms with E-state index in [0.717, 1.165) is 5.39 Å². The van der Waals surface area contributed by atoms with Crippen molar-refractivity contribution >= 4 is 41.6 Å². The minimum atomic E-state index is -4.38. The van der Waals surface area contributed by atoms with Gasteiger partial charge in [-0.2, -0.15) is 15.1 Å². The molecular weight excluding hydrogens is 619 g/mol. The molecule has 2 aromatic carbocycles. The second-order valence-corrected chi connectivity index (χ2v) is 13.6. The van der Waals surface area contributed by atoms with Crippen molar-refractivity contribution in [3.05, 3.63) is 48.8 Å². The fraction of sp³-hybridized carbons (Fsp3) is 0.467. The second kappa shape index (κ2) is 14.7. The molecule has 0 amide bonds. The lowest BCUT2D eigenvalue weighted by Crippen LogP contribution is -2.42. The third-order valence-electron chi connectivity index (χ3n) is 6.68. The molecule has 4 rings (SSSR count). The molecule has 0 fully saturated rings. The van der Waals surface area contributed by atoms with Gasteiger partial charge in [0.1, 0.15) is 30.7 Å². The molecule has 2 unspecified atom stereocenters. The summed E-state index contributed by atoms with van der Waals surface area (Å²) in [6.45, 7) is 7.94. The van der Waals surface area contributed by atoms with Crippen LogP contribution in [-0.2, 0) is 30.1 Å². The maximum absolute atomic E-state index is 14.3. The van der Waals surface area contributed by atoms with E-state index in [9.17, 15) is 19.6 Å². The lowest BCUT2D eigenvalue weighted by molar-refractivity contribution is -0.148. The number of ether oxygens (including phenoxy) is 3. The fourth-order valence-corrected chi connectivity index (χ4v) is 5.79. The van der Waals surface area contributed by atoms with E-state index in [1.54, 1.807) is 24.3 Å². The number of nitrogens with zero attached hydrogens (tertiary/aromatic N) is 4. The SMILES string of the molecule is COc1nc(N)nc2c1ncn2CO[C@H](COP(=O)(N[C@H](C)C(=O)OCC(C)(C)C)Oc1cccc2ccccc12)[C@@H](O)C(C)O. The summed E-state index contributed by atoms with van der Waals surface area (Å²) < 4.78 is 44.2. The van der Waals surface area contributed by atoms with Crippen LogP contribution in [0.4, 0.5) is 5.95 Å². The molecule has 250 valence electrons. The highest BCUT2D eigenvalue weighted by molar-refractivity contribution is 7.52. The number of imidazole rings is 1. The first kappa shape index (κ1) is 35.0. The number of nitrogen functional groups attached to an aromatic ring is 1. The van der Waals surface area contributed by atoms with Gasteiger partial charge < -0.3 is 34.7 Å². The number of methoxy groups -OCH3 is 1. The Balaban J connectivity index is 1.58. The van der Waals surface area contributed by atoms with Crippen molar-refractivity contribution in [1.82, 2.24) is 24.6 Å². The lowest BCUT2D eigenvalue weighted by atomic mass is 9.99. The lowest BCUT2D eigenvalue weighted by Gasteiger charge is -2.28. The number of benzene rings is 2. The van der Waals surface area contributed by atoms with E-state index in [0.29, 0.717) is 16.6 Å². The Morgan fingerprint density at radius 2 is 1.83 bits per heavy atom. The highest BCUT2D eigenvalue weighted by Crippen LogP contribution is 2.47. The number of rotatable bonds is 15. The van der Waals surface area contributed by atoms with Crippen LogP contribution in [0.25, 0.3) is 21.9 Å². The van der Waals surface area contributed by atoms with E-state index in [4.69, 9.17) is 29.0 Å². The van der Waals surface area contributed by atoms with Gasteiger partial charge >= 0.3 is 13.7 Å². The van der Waals surface area contributed by atoms with E-state index >= 15 is 0 Å². The quantitative estimate of drug-likeness (QED) is 0.107. The van der Waals surface area contributed by atoms with Gasteiger partial charge in [-0.1, -0.05) is 57.2 Å². The Morgan fingerprint density at radius 3 is 2.52 bits per heavy atom. The number of esters is 1.